The highest BCUT2D eigenvalue weighted by molar-refractivity contribution is 7.89. The number of likely N-dealkylation sites (N-methyl/N-ethyl adjacent to an activating group) is 1. The summed E-state index contributed by atoms with van der Waals surface area (Å²) < 4.78 is 26.5. The summed E-state index contributed by atoms with van der Waals surface area (Å²) in [5.41, 5.74) is 0.336. The fraction of sp³-hybridized carbons (Fsp3) is 0.385. The van der Waals surface area contributed by atoms with Gasteiger partial charge in [0.1, 0.15) is 0 Å². The average Bonchev–Trinajstić information content (AvgIpc) is 2.45. The van der Waals surface area contributed by atoms with Gasteiger partial charge in [-0.3, -0.25) is 9.59 Å². The SMILES string of the molecule is CCC(=O)c1cccc(S(=O)(=O)NC(C)C(=O)NC)c1. The Morgan fingerprint density at radius 3 is 2.50 bits per heavy atom. The summed E-state index contributed by atoms with van der Waals surface area (Å²) in [5, 5.41) is 2.36. The molecule has 1 aromatic carbocycles. The maximum atomic E-state index is 12.1. The minimum Gasteiger partial charge on any atom is -0.358 e. The Labute approximate surface area is 118 Å². The zero-order valence-corrected chi connectivity index (χ0v) is 12.5. The van der Waals surface area contributed by atoms with E-state index in [1.165, 1.54) is 32.2 Å². The summed E-state index contributed by atoms with van der Waals surface area (Å²) in [5.74, 6) is -0.573. The van der Waals surface area contributed by atoms with Gasteiger partial charge < -0.3 is 5.32 Å². The van der Waals surface area contributed by atoms with E-state index < -0.39 is 22.0 Å². The minimum absolute atomic E-state index is 0.0347. The molecule has 0 aliphatic carbocycles. The van der Waals surface area contributed by atoms with Crippen molar-refractivity contribution in [2.75, 3.05) is 7.05 Å². The standard InChI is InChI=1S/C13H18N2O4S/c1-4-12(16)10-6-5-7-11(8-10)20(18,19)15-9(2)13(17)14-3/h5-9,15H,4H2,1-3H3,(H,14,17). The number of hydrogen-bond donors (Lipinski definition) is 2. The molecular formula is C13H18N2O4S. The van der Waals surface area contributed by atoms with Crippen LogP contribution >= 0.6 is 0 Å². The third-order valence-corrected chi connectivity index (χ3v) is 4.30. The second-order valence-electron chi connectivity index (χ2n) is 4.26. The maximum absolute atomic E-state index is 12.1. The van der Waals surface area contributed by atoms with Crippen molar-refractivity contribution in [2.45, 2.75) is 31.2 Å². The van der Waals surface area contributed by atoms with Crippen LogP contribution in [0.25, 0.3) is 0 Å². The molecule has 0 spiro atoms. The molecule has 0 saturated heterocycles. The lowest BCUT2D eigenvalue weighted by Crippen LogP contribution is -2.43. The molecule has 1 rings (SSSR count). The van der Waals surface area contributed by atoms with E-state index in [1.54, 1.807) is 13.0 Å². The van der Waals surface area contributed by atoms with Crippen LogP contribution in [-0.4, -0.2) is 33.2 Å². The lowest BCUT2D eigenvalue weighted by atomic mass is 10.1. The summed E-state index contributed by atoms with van der Waals surface area (Å²) >= 11 is 0. The largest absolute Gasteiger partial charge is 0.358 e. The lowest BCUT2D eigenvalue weighted by molar-refractivity contribution is -0.121. The van der Waals surface area contributed by atoms with Gasteiger partial charge in [0.2, 0.25) is 15.9 Å². The molecule has 2 N–H and O–H groups in total. The molecule has 110 valence electrons. The van der Waals surface area contributed by atoms with Crippen LogP contribution in [0.15, 0.2) is 29.2 Å². The normalized spacial score (nSPS) is 12.8. The van der Waals surface area contributed by atoms with Gasteiger partial charge in [0.15, 0.2) is 5.78 Å². The van der Waals surface area contributed by atoms with Crippen molar-refractivity contribution in [2.24, 2.45) is 0 Å². The third kappa shape index (κ3) is 3.88. The number of amides is 1. The molecule has 1 aromatic rings. The summed E-state index contributed by atoms with van der Waals surface area (Å²) in [7, 11) is -2.42. The lowest BCUT2D eigenvalue weighted by Gasteiger charge is -2.13. The zero-order valence-electron chi connectivity index (χ0n) is 11.6. The monoisotopic (exact) mass is 298 g/mol. The maximum Gasteiger partial charge on any atom is 0.241 e. The summed E-state index contributed by atoms with van der Waals surface area (Å²) in [6, 6.07) is 4.86. The molecule has 7 heteroatoms. The van der Waals surface area contributed by atoms with Crippen molar-refractivity contribution in [3.8, 4) is 0 Å². The van der Waals surface area contributed by atoms with Crippen molar-refractivity contribution in [1.82, 2.24) is 10.0 Å². The van der Waals surface area contributed by atoms with Crippen LogP contribution in [0, 0.1) is 0 Å². The summed E-state index contributed by atoms with van der Waals surface area (Å²) in [6.07, 6.45) is 0.297. The first-order valence-corrected chi connectivity index (χ1v) is 7.67. The van der Waals surface area contributed by atoms with E-state index in [2.05, 4.69) is 10.0 Å². The Kier molecular flexibility index (Phi) is 5.41. The molecule has 0 heterocycles. The predicted molar refractivity (Wildman–Crippen MR) is 74.9 cm³/mol. The van der Waals surface area contributed by atoms with E-state index in [-0.39, 0.29) is 10.7 Å². The molecule has 0 fully saturated rings. The van der Waals surface area contributed by atoms with Crippen molar-refractivity contribution >= 4 is 21.7 Å². The Hall–Kier alpha value is -1.73. The van der Waals surface area contributed by atoms with Gasteiger partial charge in [0.05, 0.1) is 10.9 Å². The molecule has 1 atom stereocenters. The number of ketones is 1. The van der Waals surface area contributed by atoms with E-state index in [0.717, 1.165) is 0 Å². The van der Waals surface area contributed by atoms with Gasteiger partial charge in [-0.25, -0.2) is 8.42 Å². The van der Waals surface area contributed by atoms with E-state index in [1.807, 2.05) is 0 Å². The van der Waals surface area contributed by atoms with Gasteiger partial charge in [-0.1, -0.05) is 19.1 Å². The van der Waals surface area contributed by atoms with Crippen LogP contribution in [0.5, 0.6) is 0 Å². The Bertz CT molecular complexity index is 611. The first kappa shape index (κ1) is 16.3. The Morgan fingerprint density at radius 2 is 1.95 bits per heavy atom. The van der Waals surface area contributed by atoms with E-state index in [9.17, 15) is 18.0 Å². The van der Waals surface area contributed by atoms with Crippen LogP contribution in [0.1, 0.15) is 30.6 Å². The Morgan fingerprint density at radius 1 is 1.30 bits per heavy atom. The van der Waals surface area contributed by atoms with Gasteiger partial charge in [-0.2, -0.15) is 4.72 Å². The number of hydrogen-bond acceptors (Lipinski definition) is 4. The first-order chi connectivity index (χ1) is 9.31. The molecule has 0 saturated carbocycles. The third-order valence-electron chi connectivity index (χ3n) is 2.76. The number of Topliss-reactive ketones (excluding diaryl/α,β-unsaturated/α-hetero) is 1. The number of sulfonamides is 1. The molecule has 0 aliphatic heterocycles. The fourth-order valence-electron chi connectivity index (χ4n) is 1.61. The smallest absolute Gasteiger partial charge is 0.241 e. The van der Waals surface area contributed by atoms with Crippen LogP contribution in [0.2, 0.25) is 0 Å². The topological polar surface area (TPSA) is 92.3 Å². The number of carbonyl (C=O) groups is 2. The van der Waals surface area contributed by atoms with Gasteiger partial charge in [-0.05, 0) is 19.1 Å². The molecule has 1 amide bonds. The average molecular weight is 298 g/mol. The molecular weight excluding hydrogens is 280 g/mol. The molecule has 1 unspecified atom stereocenters. The van der Waals surface area contributed by atoms with Crippen molar-refractivity contribution in [3.05, 3.63) is 29.8 Å². The first-order valence-electron chi connectivity index (χ1n) is 6.19. The second kappa shape index (κ2) is 6.62. The minimum atomic E-state index is -3.84. The van der Waals surface area contributed by atoms with Crippen LogP contribution in [0.3, 0.4) is 0 Å². The Balaban J connectivity index is 3.04. The van der Waals surface area contributed by atoms with Crippen LogP contribution in [-0.2, 0) is 14.8 Å². The van der Waals surface area contributed by atoms with Gasteiger partial charge in [-0.15, -0.1) is 0 Å². The highest BCUT2D eigenvalue weighted by Gasteiger charge is 2.21. The zero-order chi connectivity index (χ0) is 15.3. The quantitative estimate of drug-likeness (QED) is 0.756. The summed E-state index contributed by atoms with van der Waals surface area (Å²) in [4.78, 5) is 22.9. The molecule has 6 nitrogen and oxygen atoms in total. The molecule has 0 aliphatic rings. The number of benzene rings is 1. The predicted octanol–water partition coefficient (Wildman–Crippen LogP) is 0.692. The van der Waals surface area contributed by atoms with Gasteiger partial charge >= 0.3 is 0 Å². The molecule has 0 bridgehead atoms. The fourth-order valence-corrected chi connectivity index (χ4v) is 2.86. The molecule has 0 radical (unpaired) electrons. The van der Waals surface area contributed by atoms with E-state index >= 15 is 0 Å². The van der Waals surface area contributed by atoms with Crippen LogP contribution in [0.4, 0.5) is 0 Å². The summed E-state index contributed by atoms with van der Waals surface area (Å²) in [6.45, 7) is 3.15. The highest BCUT2D eigenvalue weighted by Crippen LogP contribution is 2.13. The van der Waals surface area contributed by atoms with Gasteiger partial charge in [0.25, 0.3) is 0 Å². The second-order valence-corrected chi connectivity index (χ2v) is 5.98. The highest BCUT2D eigenvalue weighted by atomic mass is 32.2. The van der Waals surface area contributed by atoms with Crippen LogP contribution < -0.4 is 10.0 Å². The van der Waals surface area contributed by atoms with Crippen molar-refractivity contribution in [3.63, 3.8) is 0 Å². The number of nitrogens with one attached hydrogen (secondary N) is 2. The number of carbonyl (C=O) groups excluding carboxylic acids is 2. The number of rotatable bonds is 6. The van der Waals surface area contributed by atoms with E-state index in [0.29, 0.717) is 12.0 Å². The van der Waals surface area contributed by atoms with Crippen molar-refractivity contribution in [1.29, 1.82) is 0 Å². The molecule has 20 heavy (non-hydrogen) atoms. The van der Waals surface area contributed by atoms with Crippen molar-refractivity contribution < 1.29 is 18.0 Å². The van der Waals surface area contributed by atoms with Gasteiger partial charge in [0, 0.05) is 19.0 Å². The van der Waals surface area contributed by atoms with E-state index in [4.69, 9.17) is 0 Å². The molecule has 0 aromatic heterocycles.